The van der Waals surface area contributed by atoms with E-state index in [-0.39, 0.29) is 36.5 Å². The number of alkyl halides is 2. The van der Waals surface area contributed by atoms with Gasteiger partial charge in [-0.15, -0.1) is 11.6 Å². The van der Waals surface area contributed by atoms with Crippen LogP contribution in [0.25, 0.3) is 0 Å². The molecule has 0 aromatic carbocycles. The number of carbonyl (C=O) groups is 1. The van der Waals surface area contributed by atoms with Crippen LogP contribution < -0.4 is 0 Å². The van der Waals surface area contributed by atoms with Crippen molar-refractivity contribution in [1.82, 2.24) is 0 Å². The van der Waals surface area contributed by atoms with E-state index in [1.54, 1.807) is 0 Å². The maximum atomic E-state index is 15.5. The lowest BCUT2D eigenvalue weighted by molar-refractivity contribution is -0.253. The van der Waals surface area contributed by atoms with Crippen LogP contribution in [0.2, 0.25) is 0 Å². The van der Waals surface area contributed by atoms with Gasteiger partial charge in [-0.1, -0.05) is 20.4 Å². The van der Waals surface area contributed by atoms with Crippen molar-refractivity contribution in [3.63, 3.8) is 0 Å². The number of carbonyl (C=O) groups excluding carboxylic acids is 1. The lowest BCUT2D eigenvalue weighted by Crippen LogP contribution is -2.68. The van der Waals surface area contributed by atoms with Gasteiger partial charge in [0.05, 0.1) is 12.0 Å². The zero-order valence-electron chi connectivity index (χ0n) is 16.8. The van der Waals surface area contributed by atoms with Crippen LogP contribution in [0.5, 0.6) is 0 Å². The second-order valence-corrected chi connectivity index (χ2v) is 10.6. The molecular weight excluding hydrogens is 383 g/mol. The van der Waals surface area contributed by atoms with Gasteiger partial charge in [0.2, 0.25) is 0 Å². The van der Waals surface area contributed by atoms with Gasteiger partial charge in [0, 0.05) is 17.3 Å². The molecule has 158 valence electrons. The first-order chi connectivity index (χ1) is 13.0. The predicted octanol–water partition coefficient (Wildman–Crippen LogP) is 3.16. The van der Waals surface area contributed by atoms with E-state index in [1.165, 1.54) is 0 Å². The van der Waals surface area contributed by atoms with Crippen LogP contribution in [-0.4, -0.2) is 50.5 Å². The summed E-state index contributed by atoms with van der Waals surface area (Å²) in [4.78, 5) is 12.6. The lowest BCUT2D eigenvalue weighted by Gasteiger charge is -2.64. The third kappa shape index (κ3) is 2.25. The van der Waals surface area contributed by atoms with E-state index >= 15 is 4.39 Å². The molecule has 0 saturated heterocycles. The topological polar surface area (TPSA) is 77.8 Å². The molecule has 4 aliphatic carbocycles. The summed E-state index contributed by atoms with van der Waals surface area (Å²) in [6.45, 7) is 7.92. The summed E-state index contributed by atoms with van der Waals surface area (Å²) < 4.78 is 15.5. The van der Waals surface area contributed by atoms with Crippen molar-refractivity contribution in [1.29, 1.82) is 0 Å². The average Bonchev–Trinajstić information content (AvgIpc) is 2.85. The zero-order valence-corrected chi connectivity index (χ0v) is 17.5. The quantitative estimate of drug-likeness (QED) is 0.479. The molecule has 4 rings (SSSR count). The van der Waals surface area contributed by atoms with E-state index in [2.05, 4.69) is 6.58 Å². The van der Waals surface area contributed by atoms with Gasteiger partial charge >= 0.3 is 0 Å². The van der Waals surface area contributed by atoms with Gasteiger partial charge in [-0.3, -0.25) is 4.79 Å². The first-order valence-corrected chi connectivity index (χ1v) is 11.0. The summed E-state index contributed by atoms with van der Waals surface area (Å²) in [7, 11) is 0. The maximum absolute atomic E-state index is 15.5. The van der Waals surface area contributed by atoms with E-state index in [0.717, 1.165) is 0 Å². The fraction of sp³-hybridized carbons (Fsp3) is 0.864. The number of fused-ring (bicyclic) bond motifs is 5. The summed E-state index contributed by atoms with van der Waals surface area (Å²) in [5.41, 5.74) is -4.01. The van der Waals surface area contributed by atoms with Gasteiger partial charge in [-0.05, 0) is 61.9 Å². The van der Waals surface area contributed by atoms with Crippen molar-refractivity contribution in [2.75, 3.05) is 5.88 Å². The highest BCUT2D eigenvalue weighted by Crippen LogP contribution is 2.70. The second kappa shape index (κ2) is 6.26. The molecule has 0 spiro atoms. The summed E-state index contributed by atoms with van der Waals surface area (Å²) in [6, 6.07) is 0. The minimum Gasteiger partial charge on any atom is -0.393 e. The zero-order chi connectivity index (χ0) is 20.7. The number of aliphatic hydroxyl groups is 3. The fourth-order valence-electron chi connectivity index (χ4n) is 7.79. The normalized spacial score (nSPS) is 56.0. The Morgan fingerprint density at radius 1 is 1.21 bits per heavy atom. The third-order valence-corrected chi connectivity index (χ3v) is 9.75. The van der Waals surface area contributed by atoms with Crippen LogP contribution in [0.15, 0.2) is 12.2 Å². The molecule has 0 aromatic rings. The van der Waals surface area contributed by atoms with Gasteiger partial charge in [-0.2, -0.15) is 0 Å². The monoisotopic (exact) mass is 414 g/mol. The van der Waals surface area contributed by atoms with E-state index in [1.807, 2.05) is 13.8 Å². The number of hydrogen-bond acceptors (Lipinski definition) is 4. The molecule has 0 heterocycles. The van der Waals surface area contributed by atoms with Gasteiger partial charge in [-0.25, -0.2) is 4.39 Å². The minimum absolute atomic E-state index is 0.0387. The van der Waals surface area contributed by atoms with Crippen molar-refractivity contribution in [3.05, 3.63) is 12.2 Å². The molecule has 4 nitrogen and oxygen atoms in total. The Bertz CT molecular complexity index is 715. The Kier molecular flexibility index (Phi) is 4.64. The number of rotatable bonds is 2. The summed E-state index contributed by atoms with van der Waals surface area (Å²) >= 11 is 5.82. The number of ketones is 1. The van der Waals surface area contributed by atoms with Gasteiger partial charge in [0.15, 0.2) is 11.4 Å². The van der Waals surface area contributed by atoms with E-state index in [9.17, 15) is 20.1 Å². The van der Waals surface area contributed by atoms with E-state index < -0.39 is 40.1 Å². The molecule has 4 aliphatic rings. The molecule has 0 bridgehead atoms. The Labute approximate surface area is 171 Å². The van der Waals surface area contributed by atoms with Gasteiger partial charge in [0.25, 0.3) is 0 Å². The van der Waals surface area contributed by atoms with E-state index in [4.69, 9.17) is 11.6 Å². The molecule has 0 radical (unpaired) electrons. The number of halogens is 2. The Morgan fingerprint density at radius 3 is 2.50 bits per heavy atom. The molecule has 28 heavy (non-hydrogen) atoms. The third-order valence-electron chi connectivity index (χ3n) is 9.50. The van der Waals surface area contributed by atoms with Crippen LogP contribution in [0.1, 0.15) is 58.8 Å². The van der Waals surface area contributed by atoms with Crippen molar-refractivity contribution < 1.29 is 24.5 Å². The lowest BCUT2D eigenvalue weighted by atomic mass is 9.42. The standard InChI is InChI=1S/C22H32ClFO4/c1-12-8-16-14-9-17(24)21(27)10-13(25)4-6-19(21,2)15(14)5-7-20(16,3)22(12,28)18(26)11-23/h13-17,25,27-28H,1,4-11H2,2-3H3/t13-,14+,15-,16-,17+,19+,20-,21-,22-/m0/s1. The molecular formula is C22H32ClFO4. The molecule has 0 amide bonds. The summed E-state index contributed by atoms with van der Waals surface area (Å²) in [5.74, 6) is -0.701. The van der Waals surface area contributed by atoms with Gasteiger partial charge in [0.1, 0.15) is 11.8 Å². The van der Waals surface area contributed by atoms with Crippen molar-refractivity contribution >= 4 is 17.4 Å². The molecule has 0 unspecified atom stereocenters. The molecule has 3 N–H and O–H groups in total. The van der Waals surface area contributed by atoms with Crippen LogP contribution in [0, 0.1) is 28.6 Å². The first kappa shape index (κ1) is 20.8. The smallest absolute Gasteiger partial charge is 0.183 e. The van der Waals surface area contributed by atoms with Gasteiger partial charge < -0.3 is 15.3 Å². The van der Waals surface area contributed by atoms with Crippen molar-refractivity contribution in [2.45, 2.75) is 82.3 Å². The maximum Gasteiger partial charge on any atom is 0.183 e. The number of hydrogen-bond donors (Lipinski definition) is 3. The molecule has 0 aliphatic heterocycles. The van der Waals surface area contributed by atoms with Crippen LogP contribution in [0.3, 0.4) is 0 Å². The number of Topliss-reactive ketones (excluding diaryl/α,β-unsaturated/α-hetero) is 1. The van der Waals surface area contributed by atoms with Crippen molar-refractivity contribution in [2.24, 2.45) is 28.6 Å². The highest BCUT2D eigenvalue weighted by Gasteiger charge is 2.71. The molecule has 4 saturated carbocycles. The summed E-state index contributed by atoms with van der Waals surface area (Å²) in [6.07, 6.45) is 1.15. The molecule has 0 aromatic heterocycles. The van der Waals surface area contributed by atoms with Crippen LogP contribution in [-0.2, 0) is 4.79 Å². The number of aliphatic hydroxyl groups excluding tert-OH is 1. The largest absolute Gasteiger partial charge is 0.393 e. The average molecular weight is 415 g/mol. The minimum atomic E-state index is -1.66. The Morgan fingerprint density at radius 2 is 1.86 bits per heavy atom. The highest BCUT2D eigenvalue weighted by atomic mass is 35.5. The summed E-state index contributed by atoms with van der Waals surface area (Å²) in [5, 5.41) is 32.9. The Balaban J connectivity index is 1.74. The second-order valence-electron chi connectivity index (χ2n) is 10.3. The first-order valence-electron chi connectivity index (χ1n) is 10.5. The molecule has 9 atom stereocenters. The van der Waals surface area contributed by atoms with Crippen LogP contribution in [0.4, 0.5) is 4.39 Å². The highest BCUT2D eigenvalue weighted by molar-refractivity contribution is 6.29. The molecule has 6 heteroatoms. The SMILES string of the molecule is C=C1C[C@H]2[C@@H]3C[C@@H](F)[C@@]4(O)C[C@@H](O)CC[C@]4(C)[C@H]3CC[C@]2(C)[C@@]1(O)C(=O)CCl. The fourth-order valence-corrected chi connectivity index (χ4v) is 7.98. The van der Waals surface area contributed by atoms with Crippen LogP contribution >= 0.6 is 11.6 Å². The molecule has 4 fully saturated rings. The predicted molar refractivity (Wildman–Crippen MR) is 105 cm³/mol. The van der Waals surface area contributed by atoms with E-state index in [0.29, 0.717) is 37.7 Å². The Hall–Kier alpha value is -0.490. The van der Waals surface area contributed by atoms with Crippen molar-refractivity contribution in [3.8, 4) is 0 Å².